The van der Waals surface area contributed by atoms with E-state index in [4.69, 9.17) is 11.6 Å². The Morgan fingerprint density at radius 3 is 2.47 bits per heavy atom. The largest absolute Gasteiger partial charge is 0.326 e. The molecule has 1 atom stereocenters. The van der Waals surface area contributed by atoms with Crippen LogP contribution in [0.5, 0.6) is 0 Å². The average Bonchev–Trinajstić information content (AvgIpc) is 2.41. The molecule has 1 aliphatic carbocycles. The molecule has 0 radical (unpaired) electrons. The molecule has 1 amide bonds. The van der Waals surface area contributed by atoms with E-state index >= 15 is 0 Å². The second-order valence-electron chi connectivity index (χ2n) is 5.51. The van der Waals surface area contributed by atoms with Crippen LogP contribution in [-0.2, 0) is 11.2 Å². The van der Waals surface area contributed by atoms with Gasteiger partial charge in [-0.1, -0.05) is 31.4 Å². The van der Waals surface area contributed by atoms with Crippen molar-refractivity contribution in [3.63, 3.8) is 0 Å². The van der Waals surface area contributed by atoms with Crippen LogP contribution in [0.2, 0.25) is 0 Å². The first kappa shape index (κ1) is 14.4. The van der Waals surface area contributed by atoms with Gasteiger partial charge in [-0.25, -0.2) is 0 Å². The van der Waals surface area contributed by atoms with Crippen molar-refractivity contribution in [1.82, 2.24) is 0 Å². The lowest BCUT2D eigenvalue weighted by Crippen LogP contribution is -2.24. The summed E-state index contributed by atoms with van der Waals surface area (Å²) in [4.78, 5) is 12.1. The van der Waals surface area contributed by atoms with Gasteiger partial charge in [-0.3, -0.25) is 4.79 Å². The number of amides is 1. The van der Waals surface area contributed by atoms with Crippen molar-refractivity contribution in [3.05, 3.63) is 29.8 Å². The van der Waals surface area contributed by atoms with Crippen LogP contribution < -0.4 is 5.32 Å². The van der Waals surface area contributed by atoms with E-state index in [1.807, 2.05) is 31.2 Å². The lowest BCUT2D eigenvalue weighted by molar-refractivity contribution is -0.120. The van der Waals surface area contributed by atoms with Crippen LogP contribution >= 0.6 is 11.6 Å². The predicted octanol–water partition coefficient (Wildman–Crippen LogP) is 4.38. The number of anilines is 1. The quantitative estimate of drug-likeness (QED) is 0.815. The lowest BCUT2D eigenvalue weighted by atomic mass is 9.88. The van der Waals surface area contributed by atoms with Crippen molar-refractivity contribution >= 4 is 23.2 Å². The molecule has 1 unspecified atom stereocenters. The first-order valence-corrected chi connectivity index (χ1v) is 7.62. The molecule has 1 aliphatic rings. The Balaban J connectivity index is 1.89. The van der Waals surface area contributed by atoms with Gasteiger partial charge in [-0.15, -0.1) is 11.6 Å². The standard InChI is InChI=1S/C16H22ClNO/c1-12(17)11-13-7-9-15(10-8-13)18-16(19)14-5-3-2-4-6-14/h7-10,12,14H,2-6,11H2,1H3,(H,18,19). The van der Waals surface area contributed by atoms with Gasteiger partial charge in [0, 0.05) is 17.0 Å². The normalized spacial score (nSPS) is 18.0. The summed E-state index contributed by atoms with van der Waals surface area (Å²) in [6, 6.07) is 8.01. The van der Waals surface area contributed by atoms with Crippen LogP contribution in [-0.4, -0.2) is 11.3 Å². The second-order valence-corrected chi connectivity index (χ2v) is 6.25. The average molecular weight is 280 g/mol. The van der Waals surface area contributed by atoms with E-state index < -0.39 is 0 Å². The summed E-state index contributed by atoms with van der Waals surface area (Å²) < 4.78 is 0. The fourth-order valence-electron chi connectivity index (χ4n) is 2.66. The van der Waals surface area contributed by atoms with E-state index in [9.17, 15) is 4.79 Å². The summed E-state index contributed by atoms with van der Waals surface area (Å²) in [5.41, 5.74) is 2.10. The van der Waals surface area contributed by atoms with Crippen molar-refractivity contribution in [1.29, 1.82) is 0 Å². The van der Waals surface area contributed by atoms with Crippen LogP contribution in [0.3, 0.4) is 0 Å². The molecule has 0 saturated heterocycles. The molecule has 2 nitrogen and oxygen atoms in total. The van der Waals surface area contributed by atoms with E-state index in [1.165, 1.54) is 24.8 Å². The molecule has 1 fully saturated rings. The molecule has 19 heavy (non-hydrogen) atoms. The summed E-state index contributed by atoms with van der Waals surface area (Å²) in [7, 11) is 0. The van der Waals surface area contributed by atoms with E-state index in [1.54, 1.807) is 0 Å². The van der Waals surface area contributed by atoms with Gasteiger partial charge in [0.2, 0.25) is 5.91 Å². The third-order valence-corrected chi connectivity index (χ3v) is 3.87. The number of hydrogen-bond acceptors (Lipinski definition) is 1. The van der Waals surface area contributed by atoms with Gasteiger partial charge in [0.25, 0.3) is 0 Å². The Morgan fingerprint density at radius 1 is 1.26 bits per heavy atom. The fraction of sp³-hybridized carbons (Fsp3) is 0.562. The van der Waals surface area contributed by atoms with E-state index in [0.717, 1.165) is 24.9 Å². The van der Waals surface area contributed by atoms with E-state index in [2.05, 4.69) is 5.32 Å². The first-order valence-electron chi connectivity index (χ1n) is 7.19. The maximum Gasteiger partial charge on any atom is 0.227 e. The van der Waals surface area contributed by atoms with Gasteiger partial charge in [-0.05, 0) is 43.9 Å². The highest BCUT2D eigenvalue weighted by Crippen LogP contribution is 2.25. The van der Waals surface area contributed by atoms with E-state index in [-0.39, 0.29) is 17.2 Å². The molecule has 104 valence electrons. The minimum atomic E-state index is 0.141. The summed E-state index contributed by atoms with van der Waals surface area (Å²) in [6.07, 6.45) is 6.57. The Hall–Kier alpha value is -1.02. The smallest absolute Gasteiger partial charge is 0.227 e. The number of rotatable bonds is 4. The molecular formula is C16H22ClNO. The molecule has 1 N–H and O–H groups in total. The molecule has 0 bridgehead atoms. The molecule has 0 aromatic heterocycles. The molecule has 1 aromatic carbocycles. The minimum absolute atomic E-state index is 0.141. The van der Waals surface area contributed by atoms with Crippen LogP contribution in [0.4, 0.5) is 5.69 Å². The number of halogens is 1. The van der Waals surface area contributed by atoms with Gasteiger partial charge in [-0.2, -0.15) is 0 Å². The molecule has 0 heterocycles. The van der Waals surface area contributed by atoms with Crippen molar-refractivity contribution in [3.8, 4) is 0 Å². The van der Waals surface area contributed by atoms with Crippen LogP contribution in [0.1, 0.15) is 44.6 Å². The summed E-state index contributed by atoms with van der Waals surface area (Å²) in [5.74, 6) is 0.384. The van der Waals surface area contributed by atoms with Gasteiger partial charge in [0.1, 0.15) is 0 Å². The molecule has 3 heteroatoms. The highest BCUT2D eigenvalue weighted by molar-refractivity contribution is 6.20. The zero-order valence-electron chi connectivity index (χ0n) is 11.5. The SMILES string of the molecule is CC(Cl)Cc1ccc(NC(=O)C2CCCCC2)cc1. The molecule has 1 saturated carbocycles. The zero-order chi connectivity index (χ0) is 13.7. The molecular weight excluding hydrogens is 258 g/mol. The van der Waals surface area contributed by atoms with Crippen molar-refractivity contribution < 1.29 is 4.79 Å². The lowest BCUT2D eigenvalue weighted by Gasteiger charge is -2.20. The second kappa shape index (κ2) is 6.95. The van der Waals surface area contributed by atoms with Crippen molar-refractivity contribution in [2.75, 3.05) is 5.32 Å². The van der Waals surface area contributed by atoms with Gasteiger partial charge < -0.3 is 5.32 Å². The third-order valence-electron chi connectivity index (χ3n) is 3.71. The summed E-state index contributed by atoms with van der Waals surface area (Å²) in [5, 5.41) is 3.16. The van der Waals surface area contributed by atoms with Crippen molar-refractivity contribution in [2.24, 2.45) is 5.92 Å². The van der Waals surface area contributed by atoms with Crippen LogP contribution in [0.25, 0.3) is 0 Å². The van der Waals surface area contributed by atoms with Gasteiger partial charge >= 0.3 is 0 Å². The molecule has 2 rings (SSSR count). The fourth-order valence-corrected chi connectivity index (χ4v) is 2.84. The van der Waals surface area contributed by atoms with E-state index in [0.29, 0.717) is 0 Å². The van der Waals surface area contributed by atoms with Gasteiger partial charge in [0.05, 0.1) is 0 Å². The van der Waals surface area contributed by atoms with Gasteiger partial charge in [0.15, 0.2) is 0 Å². The number of benzene rings is 1. The number of carbonyl (C=O) groups is 1. The summed E-state index contributed by atoms with van der Waals surface area (Å²) >= 11 is 5.97. The third kappa shape index (κ3) is 4.54. The topological polar surface area (TPSA) is 29.1 Å². The van der Waals surface area contributed by atoms with Crippen LogP contribution in [0, 0.1) is 5.92 Å². The number of hydrogen-bond donors (Lipinski definition) is 1. The Labute approximate surface area is 120 Å². The first-order chi connectivity index (χ1) is 9.15. The van der Waals surface area contributed by atoms with Crippen molar-refractivity contribution in [2.45, 2.75) is 50.8 Å². The maximum absolute atomic E-state index is 12.1. The molecule has 0 aliphatic heterocycles. The maximum atomic E-state index is 12.1. The number of nitrogens with one attached hydrogen (secondary N) is 1. The number of alkyl halides is 1. The highest BCUT2D eigenvalue weighted by Gasteiger charge is 2.20. The minimum Gasteiger partial charge on any atom is -0.326 e. The highest BCUT2D eigenvalue weighted by atomic mass is 35.5. The molecule has 0 spiro atoms. The Bertz CT molecular complexity index is 407. The molecule has 1 aromatic rings. The van der Waals surface area contributed by atoms with Crippen LogP contribution in [0.15, 0.2) is 24.3 Å². The predicted molar refractivity (Wildman–Crippen MR) is 80.7 cm³/mol. The number of carbonyl (C=O) groups excluding carboxylic acids is 1. The monoisotopic (exact) mass is 279 g/mol. The summed E-state index contributed by atoms with van der Waals surface area (Å²) in [6.45, 7) is 1.99. The Morgan fingerprint density at radius 2 is 1.89 bits per heavy atom. The Kier molecular flexibility index (Phi) is 5.26. The zero-order valence-corrected chi connectivity index (χ0v) is 12.2.